The number of aromatic nitrogens is 4. The van der Waals surface area contributed by atoms with Crippen molar-refractivity contribution in [2.24, 2.45) is 7.05 Å². The molecule has 0 aliphatic rings. The Labute approximate surface area is 166 Å². The molecule has 7 heteroatoms. The average Bonchev–Trinajstić information content (AvgIpc) is 3.30. The van der Waals surface area contributed by atoms with Crippen molar-refractivity contribution in [1.29, 1.82) is 0 Å². The minimum absolute atomic E-state index is 0.159. The Kier molecular flexibility index (Phi) is 4.99. The maximum atomic E-state index is 12.7. The SMILES string of the molecule is Cc1nc(-c2cccnc2)sc1CNC(=O)c1cc(-c2ccccc2)nn1C. The van der Waals surface area contributed by atoms with E-state index >= 15 is 0 Å². The molecule has 0 aliphatic heterocycles. The van der Waals surface area contributed by atoms with Crippen LogP contribution in [0.4, 0.5) is 0 Å². The molecule has 3 aromatic heterocycles. The van der Waals surface area contributed by atoms with E-state index in [1.165, 1.54) is 0 Å². The lowest BCUT2D eigenvalue weighted by Gasteiger charge is -2.04. The van der Waals surface area contributed by atoms with Crippen molar-refractivity contribution in [2.45, 2.75) is 13.5 Å². The van der Waals surface area contributed by atoms with Crippen molar-refractivity contribution in [1.82, 2.24) is 25.1 Å². The van der Waals surface area contributed by atoms with Gasteiger partial charge in [0.15, 0.2) is 0 Å². The molecule has 3 heterocycles. The summed E-state index contributed by atoms with van der Waals surface area (Å²) in [5.74, 6) is -0.159. The first-order valence-electron chi connectivity index (χ1n) is 8.86. The number of carbonyl (C=O) groups excluding carboxylic acids is 1. The smallest absolute Gasteiger partial charge is 0.269 e. The summed E-state index contributed by atoms with van der Waals surface area (Å²) in [6.45, 7) is 2.38. The Hall–Kier alpha value is -3.32. The van der Waals surface area contributed by atoms with E-state index in [1.807, 2.05) is 55.5 Å². The third-order valence-corrected chi connectivity index (χ3v) is 5.60. The van der Waals surface area contributed by atoms with Crippen LogP contribution in [0.5, 0.6) is 0 Å². The molecule has 0 unspecified atom stereocenters. The molecule has 0 bridgehead atoms. The molecule has 1 aromatic carbocycles. The quantitative estimate of drug-likeness (QED) is 0.563. The van der Waals surface area contributed by atoms with Gasteiger partial charge in [0.05, 0.1) is 17.9 Å². The van der Waals surface area contributed by atoms with Crippen LogP contribution in [0.25, 0.3) is 21.8 Å². The van der Waals surface area contributed by atoms with E-state index in [2.05, 4.69) is 20.4 Å². The highest BCUT2D eigenvalue weighted by atomic mass is 32.1. The second-order valence-electron chi connectivity index (χ2n) is 6.36. The van der Waals surface area contributed by atoms with Crippen molar-refractivity contribution in [3.05, 3.63) is 77.2 Å². The van der Waals surface area contributed by atoms with E-state index < -0.39 is 0 Å². The third-order valence-electron chi connectivity index (χ3n) is 4.39. The minimum atomic E-state index is -0.159. The van der Waals surface area contributed by atoms with Crippen molar-refractivity contribution in [3.8, 4) is 21.8 Å². The number of amides is 1. The molecule has 0 atom stereocenters. The number of hydrogen-bond donors (Lipinski definition) is 1. The van der Waals surface area contributed by atoms with E-state index in [0.717, 1.165) is 32.4 Å². The number of aryl methyl sites for hydroxylation is 2. The normalized spacial score (nSPS) is 10.8. The van der Waals surface area contributed by atoms with Gasteiger partial charge in [-0.25, -0.2) is 4.98 Å². The molecule has 0 spiro atoms. The zero-order chi connectivity index (χ0) is 19.5. The summed E-state index contributed by atoms with van der Waals surface area (Å²) < 4.78 is 1.61. The molecule has 0 fully saturated rings. The summed E-state index contributed by atoms with van der Waals surface area (Å²) in [5, 5.41) is 8.34. The first-order valence-corrected chi connectivity index (χ1v) is 9.68. The predicted molar refractivity (Wildman–Crippen MR) is 110 cm³/mol. The molecule has 140 valence electrons. The molecule has 0 saturated carbocycles. The molecule has 4 aromatic rings. The van der Waals surface area contributed by atoms with Gasteiger partial charge in [-0.05, 0) is 25.1 Å². The topological polar surface area (TPSA) is 72.7 Å². The fraction of sp³-hybridized carbons (Fsp3) is 0.143. The fourth-order valence-electron chi connectivity index (χ4n) is 2.89. The van der Waals surface area contributed by atoms with Crippen molar-refractivity contribution in [3.63, 3.8) is 0 Å². The van der Waals surface area contributed by atoms with Crippen molar-refractivity contribution < 1.29 is 4.79 Å². The van der Waals surface area contributed by atoms with Crippen LogP contribution in [0, 0.1) is 6.92 Å². The molecule has 0 saturated heterocycles. The highest BCUT2D eigenvalue weighted by molar-refractivity contribution is 7.15. The zero-order valence-electron chi connectivity index (χ0n) is 15.6. The molecule has 4 rings (SSSR count). The molecule has 1 N–H and O–H groups in total. The lowest BCUT2D eigenvalue weighted by molar-refractivity contribution is 0.0942. The predicted octanol–water partition coefficient (Wildman–Crippen LogP) is 3.84. The van der Waals surface area contributed by atoms with Crippen LogP contribution in [0.1, 0.15) is 21.1 Å². The van der Waals surface area contributed by atoms with Crippen LogP contribution in [0.3, 0.4) is 0 Å². The van der Waals surface area contributed by atoms with Crippen LogP contribution in [-0.2, 0) is 13.6 Å². The minimum Gasteiger partial charge on any atom is -0.346 e. The Balaban J connectivity index is 1.48. The van der Waals surface area contributed by atoms with E-state index in [0.29, 0.717) is 12.2 Å². The fourth-order valence-corrected chi connectivity index (χ4v) is 3.88. The lowest BCUT2D eigenvalue weighted by atomic mass is 10.1. The molecule has 0 aliphatic carbocycles. The van der Waals surface area contributed by atoms with Crippen LogP contribution in [-0.4, -0.2) is 25.7 Å². The van der Waals surface area contributed by atoms with Gasteiger partial charge in [-0.1, -0.05) is 30.3 Å². The number of pyridine rings is 1. The summed E-state index contributed by atoms with van der Waals surface area (Å²) in [7, 11) is 1.78. The van der Waals surface area contributed by atoms with Gasteiger partial charge in [-0.3, -0.25) is 14.5 Å². The van der Waals surface area contributed by atoms with Gasteiger partial charge in [-0.2, -0.15) is 5.10 Å². The van der Waals surface area contributed by atoms with Crippen LogP contribution in [0.15, 0.2) is 60.9 Å². The Morgan fingerprint density at radius 1 is 1.14 bits per heavy atom. The van der Waals surface area contributed by atoms with E-state index in [4.69, 9.17) is 0 Å². The van der Waals surface area contributed by atoms with Gasteiger partial charge in [-0.15, -0.1) is 11.3 Å². The van der Waals surface area contributed by atoms with E-state index in [9.17, 15) is 4.79 Å². The number of nitrogens with zero attached hydrogens (tertiary/aromatic N) is 4. The summed E-state index contributed by atoms with van der Waals surface area (Å²) in [4.78, 5) is 22.4. The monoisotopic (exact) mass is 389 g/mol. The number of thiazole rings is 1. The first-order chi connectivity index (χ1) is 13.6. The molecule has 28 heavy (non-hydrogen) atoms. The Morgan fingerprint density at radius 3 is 2.68 bits per heavy atom. The molecule has 0 radical (unpaired) electrons. The van der Waals surface area contributed by atoms with Gasteiger partial charge in [0, 0.05) is 35.4 Å². The zero-order valence-corrected chi connectivity index (χ0v) is 16.4. The van der Waals surface area contributed by atoms with Crippen LogP contribution < -0.4 is 5.32 Å². The summed E-state index contributed by atoms with van der Waals surface area (Å²) in [6, 6.07) is 15.5. The summed E-state index contributed by atoms with van der Waals surface area (Å²) >= 11 is 1.57. The van der Waals surface area contributed by atoms with Crippen LogP contribution >= 0.6 is 11.3 Å². The summed E-state index contributed by atoms with van der Waals surface area (Å²) in [5.41, 5.74) is 4.18. The number of carbonyl (C=O) groups is 1. The van der Waals surface area contributed by atoms with Gasteiger partial charge in [0.25, 0.3) is 5.91 Å². The largest absolute Gasteiger partial charge is 0.346 e. The standard InChI is InChI=1S/C21H19N5OS/c1-14-19(28-21(24-14)16-9-6-10-22-12-16)13-23-20(27)18-11-17(25-26(18)2)15-7-4-3-5-8-15/h3-12H,13H2,1-2H3,(H,23,27). The second kappa shape index (κ2) is 7.74. The number of rotatable bonds is 5. The molecular weight excluding hydrogens is 370 g/mol. The second-order valence-corrected chi connectivity index (χ2v) is 7.44. The first kappa shape index (κ1) is 18.1. The van der Waals surface area contributed by atoms with Gasteiger partial charge in [0.1, 0.15) is 10.7 Å². The molecular formula is C21H19N5OS. The van der Waals surface area contributed by atoms with Crippen molar-refractivity contribution in [2.75, 3.05) is 0 Å². The number of hydrogen-bond acceptors (Lipinski definition) is 5. The maximum absolute atomic E-state index is 12.7. The van der Waals surface area contributed by atoms with Gasteiger partial charge in [0.2, 0.25) is 0 Å². The highest BCUT2D eigenvalue weighted by Gasteiger charge is 2.16. The highest BCUT2D eigenvalue weighted by Crippen LogP contribution is 2.27. The number of nitrogens with one attached hydrogen (secondary N) is 1. The molecule has 1 amide bonds. The Morgan fingerprint density at radius 2 is 1.93 bits per heavy atom. The van der Waals surface area contributed by atoms with E-state index in [-0.39, 0.29) is 5.91 Å². The van der Waals surface area contributed by atoms with Gasteiger partial charge < -0.3 is 5.32 Å². The van der Waals surface area contributed by atoms with Crippen molar-refractivity contribution >= 4 is 17.2 Å². The van der Waals surface area contributed by atoms with E-state index in [1.54, 1.807) is 35.5 Å². The third kappa shape index (κ3) is 3.70. The van der Waals surface area contributed by atoms with Crippen LogP contribution in [0.2, 0.25) is 0 Å². The summed E-state index contributed by atoms with van der Waals surface area (Å²) in [6.07, 6.45) is 3.53. The van der Waals surface area contributed by atoms with Gasteiger partial charge >= 0.3 is 0 Å². The maximum Gasteiger partial charge on any atom is 0.269 e. The Bertz CT molecular complexity index is 1100. The lowest BCUT2D eigenvalue weighted by Crippen LogP contribution is -2.25. The molecule has 6 nitrogen and oxygen atoms in total. The number of benzene rings is 1. The average molecular weight is 389 g/mol.